The molecule has 0 aliphatic carbocycles. The Bertz CT molecular complexity index is 2780. The number of unbranched alkanes of at least 4 members (excludes halogenated alkanes) is 2. The van der Waals surface area contributed by atoms with Gasteiger partial charge in [-0.2, -0.15) is 0 Å². The van der Waals surface area contributed by atoms with Crippen molar-refractivity contribution in [3.8, 4) is 11.5 Å². The van der Waals surface area contributed by atoms with Gasteiger partial charge < -0.3 is 70.2 Å². The zero-order valence-corrected chi connectivity index (χ0v) is 50.6. The minimum Gasteiger partial charge on any atom is -0.495 e. The molecule has 83 heavy (non-hydrogen) atoms. The van der Waals surface area contributed by atoms with Crippen molar-refractivity contribution in [1.29, 1.82) is 0 Å². The summed E-state index contributed by atoms with van der Waals surface area (Å²) in [6.45, 7) is 12.6. The fraction of sp³-hybridized carbons (Fsp3) is 0.544. The van der Waals surface area contributed by atoms with Gasteiger partial charge in [0.25, 0.3) is 0 Å². The highest BCUT2D eigenvalue weighted by Crippen LogP contribution is 2.49. The molecule has 0 saturated carbocycles. The van der Waals surface area contributed by atoms with Gasteiger partial charge in [0.1, 0.15) is 52.5 Å². The maximum absolute atomic E-state index is 14.4. The van der Waals surface area contributed by atoms with E-state index in [9.17, 15) is 43.5 Å². The van der Waals surface area contributed by atoms with Crippen LogP contribution in [0.2, 0.25) is 5.02 Å². The summed E-state index contributed by atoms with van der Waals surface area (Å²) in [6.07, 6.45) is 0.980. The second kappa shape index (κ2) is 30.6. The first kappa shape index (κ1) is 66.9. The lowest BCUT2D eigenvalue weighted by atomic mass is 9.83. The molecule has 5 rings (SSSR count). The number of anilines is 3. The number of amides is 8. The minimum absolute atomic E-state index is 0.0295. The van der Waals surface area contributed by atoms with Gasteiger partial charge in [-0.1, -0.05) is 78.7 Å². The van der Waals surface area contributed by atoms with Gasteiger partial charge in [-0.05, 0) is 88.1 Å². The normalized spacial score (nSPS) is 24.1. The van der Waals surface area contributed by atoms with Crippen molar-refractivity contribution in [2.24, 2.45) is 17.6 Å². The van der Waals surface area contributed by atoms with Gasteiger partial charge in [-0.25, -0.2) is 19.2 Å². The van der Waals surface area contributed by atoms with Crippen molar-refractivity contribution in [2.45, 2.75) is 140 Å². The summed E-state index contributed by atoms with van der Waals surface area (Å²) < 4.78 is 40.2. The van der Waals surface area contributed by atoms with Gasteiger partial charge in [-0.15, -0.1) is 0 Å². The van der Waals surface area contributed by atoms with Crippen molar-refractivity contribution < 1.29 is 76.6 Å². The average molecular weight is 1250 g/mol. The number of alkyl halides is 1. The maximum atomic E-state index is 14.4. The summed E-state index contributed by atoms with van der Waals surface area (Å²) in [7, 11) is 5.72. The van der Waals surface area contributed by atoms with Crippen molar-refractivity contribution >= 4 is 92.4 Å². The van der Waals surface area contributed by atoms with Gasteiger partial charge >= 0.3 is 24.2 Å². The summed E-state index contributed by atoms with van der Waals surface area (Å²) in [5, 5.41) is 28.3. The molecule has 0 spiro atoms. The molecule has 2 aromatic carbocycles. The topological polar surface area (TPSA) is 326 Å². The number of urea groups is 1. The summed E-state index contributed by atoms with van der Waals surface area (Å²) in [5.41, 5.74) is 4.51. The van der Waals surface area contributed by atoms with Crippen molar-refractivity contribution in [2.75, 3.05) is 62.4 Å². The van der Waals surface area contributed by atoms with Crippen LogP contribution in [-0.2, 0) is 54.1 Å². The third-order valence-corrected chi connectivity index (χ3v) is 15.6. The molecule has 9 N–H and O–H groups in total. The number of nitrogens with zero attached hydrogens (tertiary/aromatic N) is 1. The number of hydrogen-bond acceptors (Lipinski definition) is 16. The number of carbonyl (C=O) groups is 8. The Hall–Kier alpha value is -6.93. The molecule has 8 amide bonds. The molecule has 9 atom stereocenters. The maximum Gasteiger partial charge on any atom is 0.412 e. The van der Waals surface area contributed by atoms with E-state index in [4.69, 9.17) is 50.5 Å². The van der Waals surface area contributed by atoms with Crippen molar-refractivity contribution in [3.05, 3.63) is 76.9 Å². The second-order valence-corrected chi connectivity index (χ2v) is 22.1. The molecule has 2 saturated heterocycles. The van der Waals surface area contributed by atoms with Gasteiger partial charge in [-0.3, -0.25) is 29.8 Å². The highest BCUT2D eigenvalue weighted by atomic mass is 79.9. The quantitative estimate of drug-likeness (QED) is 0.0148. The number of carbonyl (C=O) groups excluding carboxylic acids is 8. The van der Waals surface area contributed by atoms with Crippen LogP contribution < -0.4 is 52.0 Å². The Labute approximate surface area is 496 Å². The molecule has 3 aliphatic heterocycles. The number of ether oxygens (including phenoxy) is 7. The number of benzene rings is 2. The van der Waals surface area contributed by atoms with Crippen molar-refractivity contribution in [1.82, 2.24) is 21.3 Å². The molecule has 2 aromatic rings. The van der Waals surface area contributed by atoms with E-state index in [0.717, 1.165) is 11.1 Å². The fourth-order valence-corrected chi connectivity index (χ4v) is 10.2. The van der Waals surface area contributed by atoms with E-state index < -0.39 is 114 Å². The summed E-state index contributed by atoms with van der Waals surface area (Å²) in [5.74, 6) is -3.37. The van der Waals surface area contributed by atoms with E-state index in [2.05, 4.69) is 54.4 Å². The number of primary amides is 1. The number of rotatable bonds is 23. The second-order valence-electron chi connectivity index (χ2n) is 21.2. The van der Waals surface area contributed by atoms with Crippen LogP contribution in [0.15, 0.2) is 66.3 Å². The SMILES string of the molecule is C=C(CBr)C(=O)OCCCCCC(=O)N[C@H](C(=O)N[C@@H](CCCNC(N)=O)C(=O)Nc1ccc(NC(=O)O[C@H]2CC(=O)N(C)c3cc(cc(OC)c3Cl)C/C(C)=C/C=C/[C@@H](OC)[C@@]3(O)C[C@H](OC(=O)N3)[C@@H](C)[C@@H]3O[C@@]23C)cc1OC)C(C)C. The van der Waals surface area contributed by atoms with Crippen LogP contribution in [0.4, 0.5) is 31.4 Å². The molecule has 3 aliphatic rings. The van der Waals surface area contributed by atoms with Gasteiger partial charge in [0.05, 0.1) is 44.7 Å². The highest BCUT2D eigenvalue weighted by molar-refractivity contribution is 9.09. The first-order valence-electron chi connectivity index (χ1n) is 27.2. The lowest BCUT2D eigenvalue weighted by molar-refractivity contribution is -0.142. The fourth-order valence-electron chi connectivity index (χ4n) is 9.69. The van der Waals surface area contributed by atoms with Crippen LogP contribution in [-0.4, -0.2) is 148 Å². The number of methoxy groups -OCH3 is 3. The van der Waals surface area contributed by atoms with E-state index in [1.807, 2.05) is 13.0 Å². The Morgan fingerprint density at radius 2 is 1.72 bits per heavy atom. The predicted octanol–water partition coefficient (Wildman–Crippen LogP) is 6.45. The van der Waals surface area contributed by atoms with E-state index >= 15 is 0 Å². The van der Waals surface area contributed by atoms with Crippen LogP contribution in [0.5, 0.6) is 11.5 Å². The highest BCUT2D eigenvalue weighted by Gasteiger charge is 2.64. The number of halogens is 2. The summed E-state index contributed by atoms with van der Waals surface area (Å²) in [4.78, 5) is 107. The van der Waals surface area contributed by atoms with Crippen LogP contribution in [0.1, 0.15) is 91.5 Å². The van der Waals surface area contributed by atoms with E-state index in [-0.39, 0.29) is 61.0 Å². The van der Waals surface area contributed by atoms with Crippen LogP contribution >= 0.6 is 27.5 Å². The smallest absolute Gasteiger partial charge is 0.412 e. The molecule has 24 nitrogen and oxygen atoms in total. The van der Waals surface area contributed by atoms with Gasteiger partial charge in [0, 0.05) is 62.1 Å². The molecule has 4 bridgehead atoms. The molecule has 0 unspecified atom stereocenters. The zero-order valence-electron chi connectivity index (χ0n) is 48.3. The monoisotopic (exact) mass is 1240 g/mol. The number of nitrogens with one attached hydrogen (secondary N) is 6. The van der Waals surface area contributed by atoms with E-state index in [0.29, 0.717) is 48.0 Å². The first-order valence-corrected chi connectivity index (χ1v) is 28.7. The largest absolute Gasteiger partial charge is 0.495 e. The Morgan fingerprint density at radius 3 is 2.39 bits per heavy atom. The number of hydrogen-bond donors (Lipinski definition) is 8. The number of nitrogens with two attached hydrogens (primary N) is 1. The number of epoxide rings is 1. The average Bonchev–Trinajstić information content (AvgIpc) is 4.26. The molecule has 3 heterocycles. The van der Waals surface area contributed by atoms with Gasteiger partial charge in [0.15, 0.2) is 5.72 Å². The molecule has 0 radical (unpaired) electrons. The Kier molecular flexibility index (Phi) is 24.6. The lowest BCUT2D eigenvalue weighted by Gasteiger charge is -2.42. The Morgan fingerprint density at radius 1 is 1.00 bits per heavy atom. The van der Waals surface area contributed by atoms with E-state index in [1.165, 1.54) is 51.5 Å². The van der Waals surface area contributed by atoms with Crippen molar-refractivity contribution in [3.63, 3.8) is 0 Å². The molecule has 0 aromatic heterocycles. The predicted molar refractivity (Wildman–Crippen MR) is 312 cm³/mol. The number of allylic oxidation sites excluding steroid dienone is 3. The van der Waals surface area contributed by atoms with Crippen LogP contribution in [0.3, 0.4) is 0 Å². The first-order chi connectivity index (χ1) is 39.3. The third kappa shape index (κ3) is 18.5. The van der Waals surface area contributed by atoms with Gasteiger partial charge in [0.2, 0.25) is 23.6 Å². The van der Waals surface area contributed by atoms with Crippen LogP contribution in [0, 0.1) is 11.8 Å². The summed E-state index contributed by atoms with van der Waals surface area (Å²) >= 11 is 10.00. The molecule has 2 fully saturated rings. The standard InChI is InChI=1S/C57H78BrClN8O16/c1-31(2)48(65-45(68)19-12-11-13-23-80-52(72)33(4)30-58)51(71)64-38(17-15-22-61-53(60)73)50(70)63-37-21-20-36(27-40(37)77-8)62-54(74)82-44-28-46(69)67(7)39-25-35(26-41(78-9)47(39)59)24-32(3)16-14-18-43(79-10)57(76)29-42(81-55(75)66-57)34(5)49-56(44,6)83-49/h14,16,18,20-21,25-27,31,34,38,42-44,48-49,76H,4,11-13,15,17,19,22-24,28-30H2,1-3,5-10H3,(H,62,74)(H,63,70)(H,64,71)(H,65,68)(H,66,75)(H3,60,61,73)/b18-14+,32-16+/t34-,38+,42+,43-,44+,48+,49+,56+,57+/m1/s1. The number of aliphatic hydroxyl groups is 1. The minimum atomic E-state index is -1.91. The molecule has 26 heteroatoms. The molecule has 456 valence electrons. The molecular formula is C57H78BrClN8O16. The lowest BCUT2D eigenvalue weighted by Crippen LogP contribution is -2.63. The summed E-state index contributed by atoms with van der Waals surface area (Å²) in [6, 6.07) is 4.79. The zero-order chi connectivity index (χ0) is 61.3. The molecular weight excluding hydrogens is 1170 g/mol. The van der Waals surface area contributed by atoms with E-state index in [1.54, 1.807) is 52.0 Å². The number of esters is 1. The number of alkyl carbamates (subject to hydrolysis) is 1. The number of fused-ring (bicyclic) bond motifs is 5. The Balaban J connectivity index is 1.34. The van der Waals surface area contributed by atoms with Crippen LogP contribution in [0.25, 0.3) is 0 Å². The third-order valence-electron chi connectivity index (χ3n) is 14.5.